The van der Waals surface area contributed by atoms with Gasteiger partial charge in [0.2, 0.25) is 0 Å². The molecule has 2 aliphatic rings. The van der Waals surface area contributed by atoms with Crippen LogP contribution in [0, 0.1) is 0 Å². The first-order valence-electron chi connectivity index (χ1n) is 7.33. The molecule has 4 rings (SSSR count). The third-order valence-corrected chi connectivity index (χ3v) is 5.53. The van der Waals surface area contributed by atoms with E-state index in [1.165, 1.54) is 26.5 Å². The Morgan fingerprint density at radius 2 is 1.67 bits per heavy atom. The van der Waals surface area contributed by atoms with Gasteiger partial charge >= 0.3 is 0 Å². The zero-order valence-corrected chi connectivity index (χ0v) is 13.2. The van der Waals surface area contributed by atoms with E-state index in [9.17, 15) is 0 Å². The van der Waals surface area contributed by atoms with Gasteiger partial charge in [0.25, 0.3) is 0 Å². The molecule has 0 bridgehead atoms. The van der Waals surface area contributed by atoms with Crippen LogP contribution in [0.4, 0.5) is 0 Å². The SMILES string of the molecule is Clc1ccc2c(c1)C(=C1CCNCC1)c1ccccc1S2. The first kappa shape index (κ1) is 13.4. The molecule has 106 valence electrons. The van der Waals surface area contributed by atoms with Crippen LogP contribution in [0.3, 0.4) is 0 Å². The van der Waals surface area contributed by atoms with Crippen LogP contribution in [0.2, 0.25) is 5.02 Å². The summed E-state index contributed by atoms with van der Waals surface area (Å²) >= 11 is 8.11. The second kappa shape index (κ2) is 5.53. The smallest absolute Gasteiger partial charge is 0.0412 e. The largest absolute Gasteiger partial charge is 0.316 e. The molecule has 2 aromatic carbocycles. The summed E-state index contributed by atoms with van der Waals surface area (Å²) in [6, 6.07) is 15.0. The lowest BCUT2D eigenvalue weighted by molar-refractivity contribution is 0.611. The minimum Gasteiger partial charge on any atom is -0.316 e. The van der Waals surface area contributed by atoms with Crippen molar-refractivity contribution in [2.75, 3.05) is 13.1 Å². The molecular weight excluding hydrogens is 298 g/mol. The van der Waals surface area contributed by atoms with Crippen molar-refractivity contribution in [1.82, 2.24) is 5.32 Å². The molecule has 0 aromatic heterocycles. The van der Waals surface area contributed by atoms with Crippen LogP contribution < -0.4 is 5.32 Å². The second-order valence-corrected chi connectivity index (χ2v) is 6.99. The Morgan fingerprint density at radius 3 is 2.52 bits per heavy atom. The first-order chi connectivity index (χ1) is 10.3. The lowest BCUT2D eigenvalue weighted by atomic mass is 9.88. The number of benzene rings is 2. The van der Waals surface area contributed by atoms with Gasteiger partial charge < -0.3 is 5.32 Å². The average molecular weight is 314 g/mol. The number of fused-ring (bicyclic) bond motifs is 2. The molecule has 0 unspecified atom stereocenters. The topological polar surface area (TPSA) is 12.0 Å². The molecule has 0 atom stereocenters. The van der Waals surface area contributed by atoms with Gasteiger partial charge in [-0.2, -0.15) is 0 Å². The molecule has 0 amide bonds. The minimum atomic E-state index is 0.820. The zero-order chi connectivity index (χ0) is 14.2. The quantitative estimate of drug-likeness (QED) is 0.627. The fourth-order valence-electron chi connectivity index (χ4n) is 3.17. The maximum atomic E-state index is 6.26. The molecule has 2 aromatic rings. The van der Waals surface area contributed by atoms with Gasteiger partial charge in [-0.1, -0.05) is 47.1 Å². The lowest BCUT2D eigenvalue weighted by Crippen LogP contribution is -2.24. The van der Waals surface area contributed by atoms with E-state index in [0.29, 0.717) is 0 Å². The van der Waals surface area contributed by atoms with Crippen molar-refractivity contribution in [2.45, 2.75) is 22.6 Å². The zero-order valence-electron chi connectivity index (χ0n) is 11.7. The van der Waals surface area contributed by atoms with Crippen molar-refractivity contribution >= 4 is 28.9 Å². The standard InChI is InChI=1S/C18H16ClNS/c19-13-5-6-17-15(11-13)18(12-7-9-20-10-8-12)14-3-1-2-4-16(14)21-17/h1-6,11,20H,7-10H2. The van der Waals surface area contributed by atoms with Crippen LogP contribution >= 0.6 is 23.4 Å². The minimum absolute atomic E-state index is 0.820. The normalized spacial score (nSPS) is 17.4. The van der Waals surface area contributed by atoms with Crippen LogP contribution in [-0.4, -0.2) is 13.1 Å². The van der Waals surface area contributed by atoms with Gasteiger partial charge in [0.1, 0.15) is 0 Å². The molecule has 0 aliphatic carbocycles. The summed E-state index contributed by atoms with van der Waals surface area (Å²) in [4.78, 5) is 2.67. The third kappa shape index (κ3) is 2.42. The maximum Gasteiger partial charge on any atom is 0.0412 e. The van der Waals surface area contributed by atoms with Crippen LogP contribution in [0.15, 0.2) is 57.8 Å². The maximum absolute atomic E-state index is 6.26. The number of halogens is 1. The Morgan fingerprint density at radius 1 is 0.905 bits per heavy atom. The molecule has 0 spiro atoms. The number of piperidine rings is 1. The summed E-state index contributed by atoms with van der Waals surface area (Å²) in [5.74, 6) is 0. The van der Waals surface area contributed by atoms with Crippen LogP contribution in [0.1, 0.15) is 24.0 Å². The second-order valence-electron chi connectivity index (χ2n) is 5.47. The summed E-state index contributed by atoms with van der Waals surface area (Å²) in [5.41, 5.74) is 5.66. The van der Waals surface area contributed by atoms with E-state index in [0.717, 1.165) is 31.0 Å². The van der Waals surface area contributed by atoms with E-state index in [4.69, 9.17) is 11.6 Å². The predicted molar refractivity (Wildman–Crippen MR) is 90.1 cm³/mol. The van der Waals surface area contributed by atoms with Gasteiger partial charge in [-0.3, -0.25) is 0 Å². The molecule has 2 aliphatic heterocycles. The van der Waals surface area contributed by atoms with Gasteiger partial charge in [-0.15, -0.1) is 0 Å². The number of hydrogen-bond donors (Lipinski definition) is 1. The number of hydrogen-bond acceptors (Lipinski definition) is 2. The highest BCUT2D eigenvalue weighted by atomic mass is 35.5. The van der Waals surface area contributed by atoms with Gasteiger partial charge in [0.15, 0.2) is 0 Å². The molecule has 0 saturated carbocycles. The van der Waals surface area contributed by atoms with Gasteiger partial charge in [-0.05, 0) is 66.9 Å². The Labute approximate surface area is 134 Å². The van der Waals surface area contributed by atoms with Gasteiger partial charge in [0.05, 0.1) is 0 Å². The molecule has 3 heteroatoms. The highest BCUT2D eigenvalue weighted by Gasteiger charge is 2.24. The summed E-state index contributed by atoms with van der Waals surface area (Å²) in [6.07, 6.45) is 2.25. The Kier molecular flexibility index (Phi) is 3.54. The molecule has 1 fully saturated rings. The van der Waals surface area contributed by atoms with E-state index >= 15 is 0 Å². The van der Waals surface area contributed by atoms with Crippen molar-refractivity contribution in [1.29, 1.82) is 0 Å². The van der Waals surface area contributed by atoms with E-state index in [1.807, 2.05) is 17.8 Å². The van der Waals surface area contributed by atoms with Crippen molar-refractivity contribution in [3.05, 3.63) is 64.2 Å². The summed E-state index contributed by atoms with van der Waals surface area (Å²) < 4.78 is 0. The Hall–Kier alpha value is -1.22. The molecule has 0 radical (unpaired) electrons. The fraction of sp³-hybridized carbons (Fsp3) is 0.222. The van der Waals surface area contributed by atoms with Crippen molar-refractivity contribution < 1.29 is 0 Å². The monoisotopic (exact) mass is 313 g/mol. The summed E-state index contributed by atoms with van der Waals surface area (Å²) in [5, 5.41) is 4.27. The van der Waals surface area contributed by atoms with E-state index in [1.54, 1.807) is 5.57 Å². The molecular formula is C18H16ClNS. The summed E-state index contributed by atoms with van der Waals surface area (Å²) in [7, 11) is 0. The van der Waals surface area contributed by atoms with Gasteiger partial charge in [-0.25, -0.2) is 0 Å². The predicted octanol–water partition coefficient (Wildman–Crippen LogP) is 4.99. The molecule has 1 nitrogen and oxygen atoms in total. The average Bonchev–Trinajstić information content (AvgIpc) is 2.53. The van der Waals surface area contributed by atoms with E-state index in [2.05, 4.69) is 41.7 Å². The number of rotatable bonds is 0. The first-order valence-corrected chi connectivity index (χ1v) is 8.52. The van der Waals surface area contributed by atoms with Crippen LogP contribution in [0.5, 0.6) is 0 Å². The molecule has 1 N–H and O–H groups in total. The van der Waals surface area contributed by atoms with Crippen molar-refractivity contribution in [2.24, 2.45) is 0 Å². The summed E-state index contributed by atoms with van der Waals surface area (Å²) in [6.45, 7) is 2.15. The molecule has 1 saturated heterocycles. The lowest BCUT2D eigenvalue weighted by Gasteiger charge is -2.27. The van der Waals surface area contributed by atoms with Crippen molar-refractivity contribution in [3.63, 3.8) is 0 Å². The van der Waals surface area contributed by atoms with Crippen LogP contribution in [0.25, 0.3) is 5.57 Å². The Balaban J connectivity index is 1.98. The molecule has 21 heavy (non-hydrogen) atoms. The van der Waals surface area contributed by atoms with E-state index in [-0.39, 0.29) is 0 Å². The van der Waals surface area contributed by atoms with Gasteiger partial charge in [0, 0.05) is 14.8 Å². The third-order valence-electron chi connectivity index (χ3n) is 4.15. The Bertz CT molecular complexity index is 728. The highest BCUT2D eigenvalue weighted by Crippen LogP contribution is 2.48. The fourth-order valence-corrected chi connectivity index (χ4v) is 4.41. The molecule has 2 heterocycles. The van der Waals surface area contributed by atoms with E-state index < -0.39 is 0 Å². The van der Waals surface area contributed by atoms with Crippen molar-refractivity contribution in [3.8, 4) is 0 Å². The highest BCUT2D eigenvalue weighted by molar-refractivity contribution is 7.99. The number of nitrogens with one attached hydrogen (secondary N) is 1. The van der Waals surface area contributed by atoms with Crippen LogP contribution in [-0.2, 0) is 0 Å².